The van der Waals surface area contributed by atoms with Gasteiger partial charge in [0.15, 0.2) is 9.84 Å². The van der Waals surface area contributed by atoms with Crippen LogP contribution in [0, 0.1) is 0 Å². The van der Waals surface area contributed by atoms with Crippen LogP contribution in [0.1, 0.15) is 16.7 Å². The minimum absolute atomic E-state index is 0.0138. The summed E-state index contributed by atoms with van der Waals surface area (Å²) in [5, 5.41) is 2.62. The summed E-state index contributed by atoms with van der Waals surface area (Å²) in [5.41, 5.74) is 2.46. The van der Waals surface area contributed by atoms with Gasteiger partial charge in [0.25, 0.3) is 0 Å². The van der Waals surface area contributed by atoms with Crippen molar-refractivity contribution in [3.63, 3.8) is 0 Å². The molecule has 1 amide bonds. The highest BCUT2D eigenvalue weighted by atomic mass is 32.2. The molecule has 2 aromatic rings. The Morgan fingerprint density at radius 2 is 1.76 bits per heavy atom. The van der Waals surface area contributed by atoms with E-state index in [0.29, 0.717) is 6.54 Å². The van der Waals surface area contributed by atoms with Gasteiger partial charge in [-0.1, -0.05) is 66.7 Å². The predicted molar refractivity (Wildman–Crippen MR) is 98.7 cm³/mol. The molecule has 0 aliphatic rings. The number of alkyl carbamates (subject to hydrolysis) is 1. The topological polar surface area (TPSA) is 72.5 Å². The van der Waals surface area contributed by atoms with E-state index in [4.69, 9.17) is 4.74 Å². The molecule has 0 fully saturated rings. The number of carbonyl (C=O) groups is 1. The molecule has 6 heteroatoms. The highest BCUT2D eigenvalue weighted by Crippen LogP contribution is 2.13. The van der Waals surface area contributed by atoms with E-state index in [9.17, 15) is 13.2 Å². The van der Waals surface area contributed by atoms with Crippen molar-refractivity contribution >= 4 is 22.0 Å². The molecule has 25 heavy (non-hydrogen) atoms. The predicted octanol–water partition coefficient (Wildman–Crippen LogP) is 3.17. The maximum Gasteiger partial charge on any atom is 0.407 e. The maximum atomic E-state index is 11.6. The third-order valence-corrected chi connectivity index (χ3v) is 4.18. The lowest BCUT2D eigenvalue weighted by molar-refractivity contribution is 0.141. The summed E-state index contributed by atoms with van der Waals surface area (Å²) in [5.74, 6) is -0.0138. The van der Waals surface area contributed by atoms with E-state index in [2.05, 4.69) is 5.32 Å². The van der Waals surface area contributed by atoms with Gasteiger partial charge in [-0.2, -0.15) is 0 Å². The first-order chi connectivity index (χ1) is 11.9. The van der Waals surface area contributed by atoms with E-state index in [1.807, 2.05) is 42.5 Å². The minimum atomic E-state index is -3.10. The standard InChI is InChI=1S/C19H21NO4S/c1-25(22,23)15-18-11-6-5-10-17(18)12-7-13-20-19(21)24-14-16-8-3-2-4-9-16/h2-12H,13-15H2,1H3,(H,20,21). The van der Waals surface area contributed by atoms with Crippen molar-refractivity contribution in [2.45, 2.75) is 12.4 Å². The monoisotopic (exact) mass is 359 g/mol. The highest BCUT2D eigenvalue weighted by Gasteiger charge is 2.07. The van der Waals surface area contributed by atoms with Crippen molar-refractivity contribution in [3.8, 4) is 0 Å². The van der Waals surface area contributed by atoms with Crippen LogP contribution in [0.5, 0.6) is 0 Å². The second kappa shape index (κ2) is 9.03. The van der Waals surface area contributed by atoms with Crippen LogP contribution in [-0.4, -0.2) is 27.3 Å². The van der Waals surface area contributed by atoms with Crippen LogP contribution < -0.4 is 5.32 Å². The minimum Gasteiger partial charge on any atom is -0.445 e. The molecule has 0 heterocycles. The van der Waals surface area contributed by atoms with E-state index in [0.717, 1.165) is 16.7 Å². The van der Waals surface area contributed by atoms with Crippen LogP contribution in [0.2, 0.25) is 0 Å². The molecule has 1 N–H and O–H groups in total. The van der Waals surface area contributed by atoms with Gasteiger partial charge in [-0.25, -0.2) is 13.2 Å². The molecular formula is C19H21NO4S. The summed E-state index contributed by atoms with van der Waals surface area (Å²) in [6.07, 6.45) is 4.25. The molecule has 0 aromatic heterocycles. The number of ether oxygens (including phenoxy) is 1. The van der Waals surface area contributed by atoms with Crippen molar-refractivity contribution in [2.75, 3.05) is 12.8 Å². The fraction of sp³-hybridized carbons (Fsp3) is 0.211. The molecule has 0 bridgehead atoms. The molecule has 0 aliphatic carbocycles. The largest absolute Gasteiger partial charge is 0.445 e. The molecule has 2 rings (SSSR count). The second-order valence-electron chi connectivity index (χ2n) is 5.61. The van der Waals surface area contributed by atoms with E-state index in [1.165, 1.54) is 6.26 Å². The number of benzene rings is 2. The van der Waals surface area contributed by atoms with Crippen LogP contribution in [0.4, 0.5) is 4.79 Å². The molecule has 0 spiro atoms. The molecular weight excluding hydrogens is 338 g/mol. The Hall–Kier alpha value is -2.60. The van der Waals surface area contributed by atoms with Crippen LogP contribution in [0.25, 0.3) is 6.08 Å². The van der Waals surface area contributed by atoms with Gasteiger partial charge in [-0.3, -0.25) is 0 Å². The average Bonchev–Trinajstić information content (AvgIpc) is 2.58. The molecule has 0 unspecified atom stereocenters. The number of amides is 1. The summed E-state index contributed by atoms with van der Waals surface area (Å²) in [6, 6.07) is 16.7. The van der Waals surface area contributed by atoms with Gasteiger partial charge in [-0.15, -0.1) is 0 Å². The van der Waals surface area contributed by atoms with Gasteiger partial charge in [-0.05, 0) is 16.7 Å². The summed E-state index contributed by atoms with van der Waals surface area (Å²) >= 11 is 0. The Morgan fingerprint density at radius 1 is 1.08 bits per heavy atom. The number of nitrogens with one attached hydrogen (secondary N) is 1. The quantitative estimate of drug-likeness (QED) is 0.824. The summed E-state index contributed by atoms with van der Waals surface area (Å²) in [4.78, 5) is 11.6. The van der Waals surface area contributed by atoms with Gasteiger partial charge >= 0.3 is 6.09 Å². The van der Waals surface area contributed by atoms with Crippen molar-refractivity contribution in [1.82, 2.24) is 5.32 Å². The number of hydrogen-bond acceptors (Lipinski definition) is 4. The lowest BCUT2D eigenvalue weighted by atomic mass is 10.1. The molecule has 0 radical (unpaired) electrons. The van der Waals surface area contributed by atoms with E-state index in [1.54, 1.807) is 24.3 Å². The molecule has 0 atom stereocenters. The lowest BCUT2D eigenvalue weighted by Gasteiger charge is -2.06. The Morgan fingerprint density at radius 3 is 2.48 bits per heavy atom. The Kier molecular flexibility index (Phi) is 6.77. The van der Waals surface area contributed by atoms with Crippen LogP contribution in [-0.2, 0) is 26.9 Å². The zero-order valence-corrected chi connectivity index (χ0v) is 14.8. The van der Waals surface area contributed by atoms with Gasteiger partial charge < -0.3 is 10.1 Å². The lowest BCUT2D eigenvalue weighted by Crippen LogP contribution is -2.24. The van der Waals surface area contributed by atoms with Crippen LogP contribution in [0.15, 0.2) is 60.7 Å². The third kappa shape index (κ3) is 7.22. The highest BCUT2D eigenvalue weighted by molar-refractivity contribution is 7.89. The fourth-order valence-electron chi connectivity index (χ4n) is 2.21. The molecule has 0 aliphatic heterocycles. The van der Waals surface area contributed by atoms with Gasteiger partial charge in [0, 0.05) is 12.8 Å². The maximum absolute atomic E-state index is 11.6. The molecule has 2 aromatic carbocycles. The Balaban J connectivity index is 1.82. The first-order valence-electron chi connectivity index (χ1n) is 7.81. The third-order valence-electron chi connectivity index (χ3n) is 3.35. The van der Waals surface area contributed by atoms with Crippen molar-refractivity contribution in [2.24, 2.45) is 0 Å². The average molecular weight is 359 g/mol. The van der Waals surface area contributed by atoms with E-state index in [-0.39, 0.29) is 12.4 Å². The number of carbonyl (C=O) groups excluding carboxylic acids is 1. The molecule has 0 saturated heterocycles. The van der Waals surface area contributed by atoms with Gasteiger partial charge in [0.1, 0.15) is 6.61 Å². The van der Waals surface area contributed by atoms with Crippen LogP contribution in [0.3, 0.4) is 0 Å². The fourth-order valence-corrected chi connectivity index (χ4v) is 3.04. The first-order valence-corrected chi connectivity index (χ1v) is 9.87. The Bertz CT molecular complexity index is 830. The molecule has 0 saturated carbocycles. The molecule has 132 valence electrons. The normalized spacial score (nSPS) is 11.4. The Labute approximate surface area is 148 Å². The van der Waals surface area contributed by atoms with Crippen molar-refractivity contribution < 1.29 is 17.9 Å². The second-order valence-corrected chi connectivity index (χ2v) is 7.75. The van der Waals surface area contributed by atoms with Crippen LogP contribution >= 0.6 is 0 Å². The number of hydrogen-bond donors (Lipinski definition) is 1. The number of sulfone groups is 1. The summed E-state index contributed by atoms with van der Waals surface area (Å²) < 4.78 is 28.0. The summed E-state index contributed by atoms with van der Waals surface area (Å²) in [6.45, 7) is 0.508. The zero-order valence-electron chi connectivity index (χ0n) is 14.0. The van der Waals surface area contributed by atoms with E-state index >= 15 is 0 Å². The van der Waals surface area contributed by atoms with Gasteiger partial charge in [0.05, 0.1) is 5.75 Å². The van der Waals surface area contributed by atoms with E-state index < -0.39 is 15.9 Å². The first kappa shape index (κ1) is 18.7. The SMILES string of the molecule is CS(=O)(=O)Cc1ccccc1C=CCNC(=O)OCc1ccccc1. The number of rotatable bonds is 7. The van der Waals surface area contributed by atoms with Crippen molar-refractivity contribution in [3.05, 3.63) is 77.4 Å². The zero-order chi connectivity index (χ0) is 18.1. The summed E-state index contributed by atoms with van der Waals surface area (Å²) in [7, 11) is -3.10. The molecule has 5 nitrogen and oxygen atoms in total. The smallest absolute Gasteiger partial charge is 0.407 e. The van der Waals surface area contributed by atoms with Gasteiger partial charge in [0.2, 0.25) is 0 Å². The van der Waals surface area contributed by atoms with Crippen molar-refractivity contribution in [1.29, 1.82) is 0 Å².